The number of hydrogen-bond donors (Lipinski definition) is 2. The Bertz CT molecular complexity index is 796. The molecule has 0 spiro atoms. The number of nitrogen functional groups attached to an aromatic ring is 1. The van der Waals surface area contributed by atoms with Crippen LogP contribution < -0.4 is 11.1 Å². The zero-order valence-corrected chi connectivity index (χ0v) is 14.8. The lowest BCUT2D eigenvalue weighted by molar-refractivity contribution is -0.115. The summed E-state index contributed by atoms with van der Waals surface area (Å²) < 4.78 is 5.30. The summed E-state index contributed by atoms with van der Waals surface area (Å²) in [6, 6.07) is 12.6. The number of benzene rings is 2. The molecule has 0 radical (unpaired) electrons. The Morgan fingerprint density at radius 1 is 1.12 bits per heavy atom. The quantitative estimate of drug-likeness (QED) is 0.826. The van der Waals surface area contributed by atoms with Crippen LogP contribution in [0.4, 0.5) is 11.4 Å². The molecule has 3 rings (SSSR count). The van der Waals surface area contributed by atoms with Crippen LogP contribution in [0.3, 0.4) is 0 Å². The molecule has 6 heteroatoms. The molecule has 3 N–H and O–H groups in total. The Hall–Kier alpha value is -2.86. The summed E-state index contributed by atoms with van der Waals surface area (Å²) in [5.41, 5.74) is 9.25. The van der Waals surface area contributed by atoms with Crippen molar-refractivity contribution in [1.82, 2.24) is 4.90 Å². The Balaban J connectivity index is 1.71. The molecule has 1 aliphatic heterocycles. The standard InChI is InChI=1S/C20H23N3O3/c1-14-17(20(25)23-9-11-26-12-10-23)3-2-4-18(14)22-19(24)13-15-5-7-16(21)8-6-15/h2-8H,9-13,21H2,1H3,(H,22,24). The van der Waals surface area contributed by atoms with Gasteiger partial charge >= 0.3 is 0 Å². The first kappa shape index (κ1) is 17.9. The van der Waals surface area contributed by atoms with Gasteiger partial charge in [0.25, 0.3) is 5.91 Å². The predicted molar refractivity (Wildman–Crippen MR) is 101 cm³/mol. The lowest BCUT2D eigenvalue weighted by Gasteiger charge is -2.27. The van der Waals surface area contributed by atoms with Crippen molar-refractivity contribution < 1.29 is 14.3 Å². The molecular formula is C20H23N3O3. The van der Waals surface area contributed by atoms with Crippen molar-refractivity contribution in [2.45, 2.75) is 13.3 Å². The summed E-state index contributed by atoms with van der Waals surface area (Å²) in [4.78, 5) is 26.9. The fraction of sp³-hybridized carbons (Fsp3) is 0.300. The van der Waals surface area contributed by atoms with Crippen molar-refractivity contribution in [1.29, 1.82) is 0 Å². The van der Waals surface area contributed by atoms with E-state index in [0.29, 0.717) is 43.2 Å². The second-order valence-electron chi connectivity index (χ2n) is 6.35. The molecule has 2 aromatic rings. The minimum absolute atomic E-state index is 0.0274. The van der Waals surface area contributed by atoms with Gasteiger partial charge in [0, 0.05) is 30.0 Å². The fourth-order valence-corrected chi connectivity index (χ4v) is 2.95. The van der Waals surface area contributed by atoms with Crippen molar-refractivity contribution in [3.05, 3.63) is 59.2 Å². The number of anilines is 2. The molecule has 1 aliphatic rings. The number of amides is 2. The van der Waals surface area contributed by atoms with Crippen LogP contribution in [0.5, 0.6) is 0 Å². The Labute approximate surface area is 152 Å². The maximum Gasteiger partial charge on any atom is 0.254 e. The molecule has 0 saturated carbocycles. The van der Waals surface area contributed by atoms with Gasteiger partial charge in [-0.1, -0.05) is 18.2 Å². The third-order valence-electron chi connectivity index (χ3n) is 4.48. The van der Waals surface area contributed by atoms with E-state index < -0.39 is 0 Å². The number of hydrogen-bond acceptors (Lipinski definition) is 4. The van der Waals surface area contributed by atoms with E-state index >= 15 is 0 Å². The van der Waals surface area contributed by atoms with Crippen LogP contribution in [0.15, 0.2) is 42.5 Å². The molecule has 136 valence electrons. The minimum Gasteiger partial charge on any atom is -0.399 e. The SMILES string of the molecule is Cc1c(NC(=O)Cc2ccc(N)cc2)cccc1C(=O)N1CCOCC1. The van der Waals surface area contributed by atoms with Crippen molar-refractivity contribution >= 4 is 23.2 Å². The number of ether oxygens (including phenoxy) is 1. The van der Waals surface area contributed by atoms with Gasteiger partial charge in [-0.2, -0.15) is 0 Å². The fourth-order valence-electron chi connectivity index (χ4n) is 2.95. The Morgan fingerprint density at radius 2 is 1.81 bits per heavy atom. The lowest BCUT2D eigenvalue weighted by atomic mass is 10.0. The second-order valence-corrected chi connectivity index (χ2v) is 6.35. The lowest BCUT2D eigenvalue weighted by Crippen LogP contribution is -2.41. The van der Waals surface area contributed by atoms with Gasteiger partial charge in [0.1, 0.15) is 0 Å². The molecule has 2 aromatic carbocycles. The first-order valence-electron chi connectivity index (χ1n) is 8.65. The average molecular weight is 353 g/mol. The van der Waals surface area contributed by atoms with Crippen LogP contribution in [0.25, 0.3) is 0 Å². The number of carbonyl (C=O) groups is 2. The maximum atomic E-state index is 12.7. The van der Waals surface area contributed by atoms with Gasteiger partial charge in [0.2, 0.25) is 5.91 Å². The molecule has 0 atom stereocenters. The highest BCUT2D eigenvalue weighted by molar-refractivity contribution is 5.99. The Kier molecular flexibility index (Phi) is 5.53. The molecule has 1 heterocycles. The maximum absolute atomic E-state index is 12.7. The number of morpholine rings is 1. The second kappa shape index (κ2) is 8.01. The van der Waals surface area contributed by atoms with E-state index in [1.165, 1.54) is 0 Å². The van der Waals surface area contributed by atoms with Crippen LogP contribution in [0, 0.1) is 6.92 Å². The number of nitrogens with zero attached hydrogens (tertiary/aromatic N) is 1. The predicted octanol–water partition coefficient (Wildman–Crippen LogP) is 2.23. The van der Waals surface area contributed by atoms with E-state index in [0.717, 1.165) is 11.1 Å². The monoisotopic (exact) mass is 353 g/mol. The van der Waals surface area contributed by atoms with Gasteiger partial charge in [-0.15, -0.1) is 0 Å². The molecule has 26 heavy (non-hydrogen) atoms. The first-order chi connectivity index (χ1) is 12.5. The van der Waals surface area contributed by atoms with Crippen molar-refractivity contribution in [2.24, 2.45) is 0 Å². The summed E-state index contributed by atoms with van der Waals surface area (Å²) in [5.74, 6) is -0.158. The van der Waals surface area contributed by atoms with E-state index in [4.69, 9.17) is 10.5 Å². The number of rotatable bonds is 4. The Morgan fingerprint density at radius 3 is 2.50 bits per heavy atom. The zero-order chi connectivity index (χ0) is 18.5. The van der Waals surface area contributed by atoms with Crippen molar-refractivity contribution in [3.63, 3.8) is 0 Å². The summed E-state index contributed by atoms with van der Waals surface area (Å²) >= 11 is 0. The third kappa shape index (κ3) is 4.21. The topological polar surface area (TPSA) is 84.7 Å². The van der Waals surface area contributed by atoms with Crippen LogP contribution in [-0.4, -0.2) is 43.0 Å². The van der Waals surface area contributed by atoms with Gasteiger partial charge in [0.05, 0.1) is 19.6 Å². The van der Waals surface area contributed by atoms with E-state index in [9.17, 15) is 9.59 Å². The first-order valence-corrected chi connectivity index (χ1v) is 8.65. The number of carbonyl (C=O) groups excluding carboxylic acids is 2. The van der Waals surface area contributed by atoms with E-state index in [1.807, 2.05) is 25.1 Å². The molecule has 2 amide bonds. The summed E-state index contributed by atoms with van der Waals surface area (Å²) in [6.07, 6.45) is 0.251. The number of nitrogens with two attached hydrogens (primary N) is 1. The molecular weight excluding hydrogens is 330 g/mol. The van der Waals surface area contributed by atoms with Gasteiger partial charge in [-0.25, -0.2) is 0 Å². The van der Waals surface area contributed by atoms with Gasteiger partial charge in [-0.3, -0.25) is 9.59 Å². The van der Waals surface area contributed by atoms with E-state index in [1.54, 1.807) is 29.2 Å². The molecule has 0 aliphatic carbocycles. The summed E-state index contributed by atoms with van der Waals surface area (Å²) in [6.45, 7) is 4.15. The van der Waals surface area contributed by atoms with Crippen LogP contribution in [0.1, 0.15) is 21.5 Å². The number of nitrogens with one attached hydrogen (secondary N) is 1. The highest BCUT2D eigenvalue weighted by atomic mass is 16.5. The molecule has 0 bridgehead atoms. The zero-order valence-electron chi connectivity index (χ0n) is 14.8. The summed E-state index contributed by atoms with van der Waals surface area (Å²) in [5, 5.41) is 2.91. The third-order valence-corrected chi connectivity index (χ3v) is 4.48. The molecule has 0 unspecified atom stereocenters. The van der Waals surface area contributed by atoms with E-state index in [-0.39, 0.29) is 18.2 Å². The molecule has 0 aromatic heterocycles. The van der Waals surface area contributed by atoms with Gasteiger partial charge < -0.3 is 20.7 Å². The van der Waals surface area contributed by atoms with Crippen LogP contribution in [-0.2, 0) is 16.0 Å². The highest BCUT2D eigenvalue weighted by Crippen LogP contribution is 2.21. The normalized spacial score (nSPS) is 14.1. The van der Waals surface area contributed by atoms with Crippen molar-refractivity contribution in [2.75, 3.05) is 37.4 Å². The van der Waals surface area contributed by atoms with Crippen LogP contribution in [0.2, 0.25) is 0 Å². The van der Waals surface area contributed by atoms with Gasteiger partial charge in [0.15, 0.2) is 0 Å². The highest BCUT2D eigenvalue weighted by Gasteiger charge is 2.21. The minimum atomic E-state index is -0.131. The molecule has 1 fully saturated rings. The molecule has 6 nitrogen and oxygen atoms in total. The largest absolute Gasteiger partial charge is 0.399 e. The van der Waals surface area contributed by atoms with E-state index in [2.05, 4.69) is 5.32 Å². The molecule has 1 saturated heterocycles. The smallest absolute Gasteiger partial charge is 0.254 e. The van der Waals surface area contributed by atoms with Gasteiger partial charge in [-0.05, 0) is 42.3 Å². The van der Waals surface area contributed by atoms with Crippen molar-refractivity contribution in [3.8, 4) is 0 Å². The van der Waals surface area contributed by atoms with Crippen LogP contribution >= 0.6 is 0 Å². The summed E-state index contributed by atoms with van der Waals surface area (Å²) in [7, 11) is 0. The average Bonchev–Trinajstić information content (AvgIpc) is 2.65.